The van der Waals surface area contributed by atoms with Crippen LogP contribution in [0, 0.1) is 10.1 Å². The van der Waals surface area contributed by atoms with Crippen molar-refractivity contribution in [2.24, 2.45) is 0 Å². The van der Waals surface area contributed by atoms with E-state index in [1.54, 1.807) is 39.8 Å². The molecule has 0 radical (unpaired) electrons. The molecular formula is C27H28N2O9. The van der Waals surface area contributed by atoms with E-state index in [4.69, 9.17) is 18.9 Å². The van der Waals surface area contributed by atoms with Gasteiger partial charge in [0.05, 0.1) is 47.9 Å². The summed E-state index contributed by atoms with van der Waals surface area (Å²) in [6.45, 7) is 7.07. The number of nitro groups is 1. The van der Waals surface area contributed by atoms with Crippen molar-refractivity contribution in [2.45, 2.75) is 33.6 Å². The minimum absolute atomic E-state index is 0.0744. The summed E-state index contributed by atoms with van der Waals surface area (Å²) in [5.41, 5.74) is 1.95. The average molecular weight is 525 g/mol. The number of nitro benzene ring substituents is 1. The third kappa shape index (κ3) is 5.83. The van der Waals surface area contributed by atoms with Crippen molar-refractivity contribution < 1.29 is 38.3 Å². The summed E-state index contributed by atoms with van der Waals surface area (Å²) < 4.78 is 21.5. The fourth-order valence-corrected chi connectivity index (χ4v) is 4.11. The summed E-state index contributed by atoms with van der Waals surface area (Å²) in [6, 6.07) is 9.62. The molecule has 0 amide bonds. The third-order valence-corrected chi connectivity index (χ3v) is 5.79. The number of non-ortho nitro benzene ring substituents is 1. The van der Waals surface area contributed by atoms with Crippen LogP contribution in [0.25, 0.3) is 0 Å². The van der Waals surface area contributed by atoms with Crippen molar-refractivity contribution in [3.05, 3.63) is 86.2 Å². The standard InChI is InChI=1S/C27H28N2O9/c1-6-36-26(31)22-15(3)28-16(4)23(27(32)37-7-2)24(22)18-10-13-20(21(14-18)35-5)38-25(30)17-8-11-19(12-9-17)29(33)34/h8-14,24,28H,6-7H2,1-5H3. The van der Waals surface area contributed by atoms with Crippen molar-refractivity contribution in [1.82, 2.24) is 5.32 Å². The van der Waals surface area contributed by atoms with Gasteiger partial charge in [-0.05, 0) is 57.5 Å². The third-order valence-electron chi connectivity index (χ3n) is 5.79. The number of nitrogens with one attached hydrogen (secondary N) is 1. The quantitative estimate of drug-likeness (QED) is 0.219. The van der Waals surface area contributed by atoms with Crippen molar-refractivity contribution in [1.29, 1.82) is 0 Å². The molecule has 0 bridgehead atoms. The normalized spacial score (nSPS) is 13.5. The lowest BCUT2D eigenvalue weighted by Crippen LogP contribution is -2.32. The van der Waals surface area contributed by atoms with Crippen LogP contribution < -0.4 is 14.8 Å². The number of carbonyl (C=O) groups excluding carboxylic acids is 3. The first-order chi connectivity index (χ1) is 18.1. The van der Waals surface area contributed by atoms with Gasteiger partial charge in [-0.1, -0.05) is 6.07 Å². The number of dihydropyridines is 1. The predicted molar refractivity (Wildman–Crippen MR) is 136 cm³/mol. The number of nitrogens with zero attached hydrogens (tertiary/aromatic N) is 1. The fourth-order valence-electron chi connectivity index (χ4n) is 4.11. The highest BCUT2D eigenvalue weighted by molar-refractivity contribution is 6.00. The number of benzene rings is 2. The molecule has 2 aromatic carbocycles. The molecule has 11 nitrogen and oxygen atoms in total. The molecule has 0 saturated heterocycles. The Kier molecular flexibility index (Phi) is 8.85. The second kappa shape index (κ2) is 12.0. The van der Waals surface area contributed by atoms with Gasteiger partial charge in [-0.3, -0.25) is 10.1 Å². The largest absolute Gasteiger partial charge is 0.493 e. The van der Waals surface area contributed by atoms with Crippen LogP contribution in [-0.4, -0.2) is 43.2 Å². The van der Waals surface area contributed by atoms with Gasteiger partial charge in [0.25, 0.3) is 5.69 Å². The van der Waals surface area contributed by atoms with Gasteiger partial charge in [-0.15, -0.1) is 0 Å². The number of rotatable bonds is 9. The van der Waals surface area contributed by atoms with E-state index >= 15 is 0 Å². The monoisotopic (exact) mass is 524 g/mol. The first-order valence-corrected chi connectivity index (χ1v) is 11.8. The van der Waals surface area contributed by atoms with Crippen LogP contribution in [0.2, 0.25) is 0 Å². The van der Waals surface area contributed by atoms with Gasteiger partial charge in [0, 0.05) is 23.5 Å². The Labute approximate surface area is 219 Å². The van der Waals surface area contributed by atoms with Gasteiger partial charge in [-0.2, -0.15) is 0 Å². The summed E-state index contributed by atoms with van der Waals surface area (Å²) >= 11 is 0. The second-order valence-electron chi connectivity index (χ2n) is 8.18. The summed E-state index contributed by atoms with van der Waals surface area (Å²) in [7, 11) is 1.38. The summed E-state index contributed by atoms with van der Waals surface area (Å²) in [5, 5.41) is 13.9. The lowest BCUT2D eigenvalue weighted by molar-refractivity contribution is -0.384. The number of hydrogen-bond acceptors (Lipinski definition) is 10. The lowest BCUT2D eigenvalue weighted by Gasteiger charge is -2.30. The van der Waals surface area contributed by atoms with Crippen LogP contribution in [0.3, 0.4) is 0 Å². The first-order valence-electron chi connectivity index (χ1n) is 11.8. The molecular weight excluding hydrogens is 496 g/mol. The van der Waals surface area contributed by atoms with Crippen molar-refractivity contribution in [2.75, 3.05) is 20.3 Å². The molecule has 1 aliphatic heterocycles. The Morgan fingerprint density at radius 1 is 0.868 bits per heavy atom. The van der Waals surface area contributed by atoms with Gasteiger partial charge in [0.15, 0.2) is 11.5 Å². The molecule has 0 saturated carbocycles. The Bertz CT molecular complexity index is 1290. The van der Waals surface area contributed by atoms with Crippen LogP contribution in [0.15, 0.2) is 65.0 Å². The molecule has 0 spiro atoms. The minimum Gasteiger partial charge on any atom is -0.493 e. The Morgan fingerprint density at radius 2 is 1.42 bits per heavy atom. The van der Waals surface area contributed by atoms with Gasteiger partial charge >= 0.3 is 17.9 Å². The van der Waals surface area contributed by atoms with Gasteiger partial charge in [-0.25, -0.2) is 14.4 Å². The zero-order valence-electron chi connectivity index (χ0n) is 21.7. The minimum atomic E-state index is -0.845. The van der Waals surface area contributed by atoms with Crippen molar-refractivity contribution in [3.8, 4) is 11.5 Å². The molecule has 2 aromatic rings. The van der Waals surface area contributed by atoms with E-state index in [-0.39, 0.29) is 47.1 Å². The van der Waals surface area contributed by atoms with Gasteiger partial charge < -0.3 is 24.3 Å². The molecule has 1 heterocycles. The van der Waals surface area contributed by atoms with E-state index in [0.29, 0.717) is 17.0 Å². The van der Waals surface area contributed by atoms with E-state index in [1.807, 2.05) is 0 Å². The Balaban J connectivity index is 2.03. The van der Waals surface area contributed by atoms with E-state index in [1.165, 1.54) is 37.4 Å². The molecule has 0 fully saturated rings. The van der Waals surface area contributed by atoms with E-state index < -0.39 is 28.7 Å². The number of esters is 3. The van der Waals surface area contributed by atoms with E-state index in [9.17, 15) is 24.5 Å². The maximum Gasteiger partial charge on any atom is 0.343 e. The topological polar surface area (TPSA) is 143 Å². The van der Waals surface area contributed by atoms with Crippen molar-refractivity contribution in [3.63, 3.8) is 0 Å². The van der Waals surface area contributed by atoms with Crippen LogP contribution in [0.4, 0.5) is 5.69 Å². The molecule has 0 aliphatic carbocycles. The second-order valence-corrected chi connectivity index (χ2v) is 8.18. The Morgan fingerprint density at radius 3 is 1.89 bits per heavy atom. The van der Waals surface area contributed by atoms with E-state index in [2.05, 4.69) is 5.32 Å². The number of carbonyl (C=O) groups is 3. The fraction of sp³-hybridized carbons (Fsp3) is 0.296. The Hall–Kier alpha value is -4.67. The molecule has 0 unspecified atom stereocenters. The van der Waals surface area contributed by atoms with Crippen LogP contribution >= 0.6 is 0 Å². The number of allylic oxidation sites excluding steroid dienone is 2. The first kappa shape index (κ1) is 27.9. The van der Waals surface area contributed by atoms with Crippen LogP contribution in [0.1, 0.15) is 49.5 Å². The molecule has 38 heavy (non-hydrogen) atoms. The zero-order valence-corrected chi connectivity index (χ0v) is 21.7. The van der Waals surface area contributed by atoms with Crippen LogP contribution in [-0.2, 0) is 19.1 Å². The number of ether oxygens (including phenoxy) is 4. The highest BCUT2D eigenvalue weighted by Gasteiger charge is 2.38. The molecule has 0 aromatic heterocycles. The molecule has 1 aliphatic rings. The highest BCUT2D eigenvalue weighted by Crippen LogP contribution is 2.42. The van der Waals surface area contributed by atoms with Crippen LogP contribution in [0.5, 0.6) is 11.5 Å². The summed E-state index contributed by atoms with van der Waals surface area (Å²) in [5.74, 6) is -2.54. The summed E-state index contributed by atoms with van der Waals surface area (Å²) in [4.78, 5) is 48.9. The van der Waals surface area contributed by atoms with Gasteiger partial charge in [0.1, 0.15) is 0 Å². The smallest absolute Gasteiger partial charge is 0.343 e. The molecule has 0 atom stereocenters. The highest BCUT2D eigenvalue weighted by atomic mass is 16.6. The van der Waals surface area contributed by atoms with Crippen molar-refractivity contribution >= 4 is 23.6 Å². The molecule has 3 rings (SSSR count). The average Bonchev–Trinajstić information content (AvgIpc) is 2.88. The zero-order chi connectivity index (χ0) is 28.0. The lowest BCUT2D eigenvalue weighted by atomic mass is 9.80. The number of methoxy groups -OCH3 is 1. The molecule has 11 heteroatoms. The van der Waals surface area contributed by atoms with E-state index in [0.717, 1.165) is 0 Å². The molecule has 1 N–H and O–H groups in total. The SMILES string of the molecule is CCOC(=O)C1=C(C)NC(C)=C(C(=O)OCC)C1c1ccc(OC(=O)c2ccc([N+](=O)[O-])cc2)c(OC)c1. The predicted octanol–water partition coefficient (Wildman–Crippen LogP) is 4.18. The number of hydrogen-bond donors (Lipinski definition) is 1. The van der Waals surface area contributed by atoms with Gasteiger partial charge in [0.2, 0.25) is 0 Å². The molecule has 200 valence electrons. The maximum absolute atomic E-state index is 13.0. The maximum atomic E-state index is 13.0. The summed E-state index contributed by atoms with van der Waals surface area (Å²) in [6.07, 6.45) is 0.